The van der Waals surface area contributed by atoms with Crippen molar-refractivity contribution >= 4 is 21.7 Å². The van der Waals surface area contributed by atoms with E-state index >= 15 is 0 Å². The Hall–Kier alpha value is -1.63. The standard InChI is InChI=1S/C12H18N4O2S/c1-8(12(2,3)4)14-11-15-9-5-6-13-7-10(9)19(17,18)16-11/h5-8H,1-4H3,(H2,14,15,16). The summed E-state index contributed by atoms with van der Waals surface area (Å²) in [4.78, 5) is 3.91. The van der Waals surface area contributed by atoms with E-state index in [1.807, 2.05) is 6.92 Å². The second-order valence-corrected chi connectivity index (χ2v) is 7.22. The van der Waals surface area contributed by atoms with Gasteiger partial charge in [0.25, 0.3) is 10.0 Å². The first-order valence-corrected chi connectivity index (χ1v) is 7.47. The molecule has 0 fully saturated rings. The number of fused-ring (bicyclic) bond motifs is 1. The summed E-state index contributed by atoms with van der Waals surface area (Å²) in [5.41, 5.74) is 0.487. The highest BCUT2D eigenvalue weighted by atomic mass is 32.2. The maximum Gasteiger partial charge on any atom is 0.289 e. The Morgan fingerprint density at radius 3 is 2.68 bits per heavy atom. The minimum absolute atomic E-state index is 0.00746. The van der Waals surface area contributed by atoms with Crippen molar-refractivity contribution in [3.05, 3.63) is 18.5 Å². The third kappa shape index (κ3) is 2.86. The molecule has 1 aromatic heterocycles. The molecule has 0 spiro atoms. The minimum atomic E-state index is -3.68. The number of guanidine groups is 1. The monoisotopic (exact) mass is 282 g/mol. The first kappa shape index (κ1) is 13.8. The van der Waals surface area contributed by atoms with Crippen molar-refractivity contribution in [2.24, 2.45) is 9.81 Å². The van der Waals surface area contributed by atoms with E-state index in [-0.39, 0.29) is 22.3 Å². The van der Waals surface area contributed by atoms with Crippen molar-refractivity contribution in [3.8, 4) is 0 Å². The molecule has 0 radical (unpaired) electrons. The van der Waals surface area contributed by atoms with E-state index in [4.69, 9.17) is 0 Å². The number of rotatable bonds is 1. The van der Waals surface area contributed by atoms with Crippen LogP contribution in [0, 0.1) is 5.41 Å². The lowest BCUT2D eigenvalue weighted by molar-refractivity contribution is 0.316. The van der Waals surface area contributed by atoms with Crippen LogP contribution in [0.25, 0.3) is 0 Å². The van der Waals surface area contributed by atoms with Crippen molar-refractivity contribution in [1.29, 1.82) is 0 Å². The fourth-order valence-electron chi connectivity index (χ4n) is 1.49. The third-order valence-corrected chi connectivity index (χ3v) is 4.48. The van der Waals surface area contributed by atoms with Crippen molar-refractivity contribution in [3.63, 3.8) is 0 Å². The van der Waals surface area contributed by atoms with Crippen molar-refractivity contribution in [2.45, 2.75) is 38.6 Å². The number of hydrogen-bond donors (Lipinski definition) is 2. The molecule has 0 saturated carbocycles. The quantitative estimate of drug-likeness (QED) is 0.817. The van der Waals surface area contributed by atoms with Gasteiger partial charge in [0.05, 0.1) is 5.69 Å². The fourth-order valence-corrected chi connectivity index (χ4v) is 2.52. The molecule has 2 N–H and O–H groups in total. The summed E-state index contributed by atoms with van der Waals surface area (Å²) in [6.07, 6.45) is 2.84. The molecular weight excluding hydrogens is 264 g/mol. The normalized spacial score (nSPS) is 18.8. The number of nitrogens with zero attached hydrogens (tertiary/aromatic N) is 2. The number of pyridine rings is 1. The van der Waals surface area contributed by atoms with Crippen molar-refractivity contribution in [2.75, 3.05) is 5.32 Å². The van der Waals surface area contributed by atoms with Gasteiger partial charge in [0.15, 0.2) is 0 Å². The maximum absolute atomic E-state index is 12.0. The van der Waals surface area contributed by atoms with Gasteiger partial charge in [0.1, 0.15) is 4.90 Å². The molecule has 1 aromatic rings. The summed E-state index contributed by atoms with van der Waals surface area (Å²) >= 11 is 0. The van der Waals surface area contributed by atoms with Gasteiger partial charge >= 0.3 is 0 Å². The summed E-state index contributed by atoms with van der Waals surface area (Å²) in [7, 11) is -3.68. The van der Waals surface area contributed by atoms with E-state index in [1.54, 1.807) is 6.07 Å². The van der Waals surface area contributed by atoms with Gasteiger partial charge in [0, 0.05) is 18.4 Å². The maximum atomic E-state index is 12.0. The minimum Gasteiger partial charge on any atom is -0.352 e. The number of anilines is 1. The Morgan fingerprint density at radius 2 is 2.05 bits per heavy atom. The Balaban J connectivity index is 2.31. The predicted molar refractivity (Wildman–Crippen MR) is 74.5 cm³/mol. The van der Waals surface area contributed by atoms with Crippen LogP contribution in [0.1, 0.15) is 27.7 Å². The van der Waals surface area contributed by atoms with Crippen LogP contribution >= 0.6 is 0 Å². The molecule has 0 amide bonds. The highest BCUT2D eigenvalue weighted by Crippen LogP contribution is 2.26. The fraction of sp³-hybridized carbons (Fsp3) is 0.500. The van der Waals surface area contributed by atoms with E-state index in [0.717, 1.165) is 0 Å². The Bertz CT molecular complexity index is 617. The lowest BCUT2D eigenvalue weighted by Crippen LogP contribution is -2.45. The third-order valence-electron chi connectivity index (χ3n) is 3.18. The molecule has 1 unspecified atom stereocenters. The van der Waals surface area contributed by atoms with Gasteiger partial charge in [-0.3, -0.25) is 4.98 Å². The molecule has 0 aliphatic carbocycles. The average Bonchev–Trinajstić information content (AvgIpc) is 2.26. The number of sulfonamides is 1. The summed E-state index contributed by atoms with van der Waals surface area (Å²) in [5, 5.41) is 6.07. The molecule has 104 valence electrons. The second-order valence-electron chi connectivity index (χ2n) is 5.64. The molecule has 1 aliphatic heterocycles. The van der Waals surface area contributed by atoms with Crippen LogP contribution in [-0.4, -0.2) is 25.4 Å². The Kier molecular flexibility index (Phi) is 3.25. The molecule has 0 aromatic carbocycles. The van der Waals surface area contributed by atoms with Crippen molar-refractivity contribution < 1.29 is 8.42 Å². The SMILES string of the molecule is CC(NC1=NS(=O)(=O)c2cnccc2N1)C(C)(C)C. The van der Waals surface area contributed by atoms with Gasteiger partial charge in [0.2, 0.25) is 5.96 Å². The average molecular weight is 282 g/mol. The molecule has 2 rings (SSSR count). The van der Waals surface area contributed by atoms with Gasteiger partial charge in [-0.15, -0.1) is 4.40 Å². The number of aromatic nitrogens is 1. The van der Waals surface area contributed by atoms with Gasteiger partial charge in [-0.05, 0) is 18.4 Å². The highest BCUT2D eigenvalue weighted by molar-refractivity contribution is 7.90. The van der Waals surface area contributed by atoms with Gasteiger partial charge < -0.3 is 10.6 Å². The van der Waals surface area contributed by atoms with Crippen LogP contribution in [-0.2, 0) is 10.0 Å². The zero-order valence-corrected chi connectivity index (χ0v) is 12.2. The van der Waals surface area contributed by atoms with E-state index in [9.17, 15) is 8.42 Å². The first-order valence-electron chi connectivity index (χ1n) is 6.03. The van der Waals surface area contributed by atoms with E-state index in [0.29, 0.717) is 5.69 Å². The topological polar surface area (TPSA) is 83.5 Å². The summed E-state index contributed by atoms with van der Waals surface area (Å²) in [6, 6.07) is 1.68. The zero-order chi connectivity index (χ0) is 14.3. The molecule has 2 heterocycles. The lowest BCUT2D eigenvalue weighted by atomic mass is 9.88. The summed E-state index contributed by atoms with van der Waals surface area (Å²) in [5.74, 6) is 0.251. The summed E-state index contributed by atoms with van der Waals surface area (Å²) < 4.78 is 27.7. The van der Waals surface area contributed by atoms with Gasteiger partial charge in [-0.25, -0.2) is 0 Å². The van der Waals surface area contributed by atoms with Crippen LogP contribution in [0.3, 0.4) is 0 Å². The van der Waals surface area contributed by atoms with Crippen LogP contribution in [0.5, 0.6) is 0 Å². The Labute approximate surface area is 113 Å². The zero-order valence-electron chi connectivity index (χ0n) is 11.4. The van der Waals surface area contributed by atoms with E-state index in [1.165, 1.54) is 12.4 Å². The van der Waals surface area contributed by atoms with Gasteiger partial charge in [-0.1, -0.05) is 20.8 Å². The molecule has 0 saturated heterocycles. The lowest BCUT2D eigenvalue weighted by Gasteiger charge is -2.30. The highest BCUT2D eigenvalue weighted by Gasteiger charge is 2.27. The van der Waals surface area contributed by atoms with Crippen LogP contribution < -0.4 is 10.6 Å². The second kappa shape index (κ2) is 4.48. The summed E-state index contributed by atoms with van der Waals surface area (Å²) in [6.45, 7) is 8.19. The molecular formula is C12H18N4O2S. The van der Waals surface area contributed by atoms with E-state index < -0.39 is 10.0 Å². The molecule has 1 aliphatic rings. The number of nitrogens with one attached hydrogen (secondary N) is 2. The van der Waals surface area contributed by atoms with Crippen LogP contribution in [0.4, 0.5) is 5.69 Å². The van der Waals surface area contributed by atoms with E-state index in [2.05, 4.69) is 40.8 Å². The smallest absolute Gasteiger partial charge is 0.289 e. The largest absolute Gasteiger partial charge is 0.352 e. The van der Waals surface area contributed by atoms with Crippen LogP contribution in [0.2, 0.25) is 0 Å². The molecule has 6 nitrogen and oxygen atoms in total. The van der Waals surface area contributed by atoms with Crippen LogP contribution in [0.15, 0.2) is 27.8 Å². The van der Waals surface area contributed by atoms with Crippen molar-refractivity contribution in [1.82, 2.24) is 10.3 Å². The molecule has 1 atom stereocenters. The first-order chi connectivity index (χ1) is 8.70. The predicted octanol–water partition coefficient (Wildman–Crippen LogP) is 1.58. The number of hydrogen-bond acceptors (Lipinski definition) is 5. The Morgan fingerprint density at radius 1 is 1.37 bits per heavy atom. The van der Waals surface area contributed by atoms with Gasteiger partial charge in [-0.2, -0.15) is 8.42 Å². The molecule has 0 bridgehead atoms. The molecule has 7 heteroatoms. The molecule has 19 heavy (non-hydrogen) atoms.